The Morgan fingerprint density at radius 3 is 2.57 bits per heavy atom. The Bertz CT molecular complexity index is 1310. The molecule has 4 aromatic rings. The lowest BCUT2D eigenvalue weighted by Gasteiger charge is -2.19. The molecule has 3 nitrogen and oxygen atoms in total. The molecule has 0 saturated carbocycles. The minimum atomic E-state index is -0.0426. The van der Waals surface area contributed by atoms with E-state index in [0.717, 1.165) is 28.1 Å². The summed E-state index contributed by atoms with van der Waals surface area (Å²) < 4.78 is 0. The first kappa shape index (κ1) is 15.5. The lowest BCUT2D eigenvalue weighted by Crippen LogP contribution is -2.18. The van der Waals surface area contributed by atoms with Gasteiger partial charge in [-0.2, -0.15) is 0 Å². The van der Waals surface area contributed by atoms with Crippen molar-refractivity contribution in [3.63, 3.8) is 0 Å². The molecular formula is C25H18N2O. The van der Waals surface area contributed by atoms with E-state index in [1.807, 2.05) is 18.2 Å². The van der Waals surface area contributed by atoms with Gasteiger partial charge in [0.1, 0.15) is 0 Å². The fourth-order valence-electron chi connectivity index (χ4n) is 4.70. The Kier molecular flexibility index (Phi) is 3.01. The Morgan fingerprint density at radius 1 is 0.857 bits per heavy atom. The van der Waals surface area contributed by atoms with Crippen LogP contribution < -0.4 is 10.6 Å². The van der Waals surface area contributed by atoms with Crippen LogP contribution in [0, 0.1) is 6.92 Å². The third-order valence-electron chi connectivity index (χ3n) is 6.03. The lowest BCUT2D eigenvalue weighted by atomic mass is 9.95. The normalized spacial score (nSPS) is 16.0. The molecule has 0 spiro atoms. The third-order valence-corrected chi connectivity index (χ3v) is 6.03. The molecule has 1 unspecified atom stereocenters. The largest absolute Gasteiger partial charge is 0.374 e. The summed E-state index contributed by atoms with van der Waals surface area (Å²) in [6, 6.07) is 25.0. The molecule has 0 aromatic heterocycles. The Balaban J connectivity index is 1.56. The number of amides is 1. The van der Waals surface area contributed by atoms with Crippen LogP contribution >= 0.6 is 0 Å². The van der Waals surface area contributed by atoms with Crippen molar-refractivity contribution in [2.24, 2.45) is 0 Å². The number of rotatable bonds is 2. The van der Waals surface area contributed by atoms with Gasteiger partial charge in [-0.3, -0.25) is 4.79 Å². The van der Waals surface area contributed by atoms with Crippen molar-refractivity contribution in [2.75, 3.05) is 10.6 Å². The summed E-state index contributed by atoms with van der Waals surface area (Å²) in [6.45, 7) is 2.09. The zero-order valence-corrected chi connectivity index (χ0v) is 15.4. The number of hydrogen-bond acceptors (Lipinski definition) is 2. The molecule has 2 N–H and O–H groups in total. The first-order valence-electron chi connectivity index (χ1n) is 9.54. The van der Waals surface area contributed by atoms with Gasteiger partial charge >= 0.3 is 0 Å². The number of carbonyl (C=O) groups is 1. The number of anilines is 2. The summed E-state index contributed by atoms with van der Waals surface area (Å²) in [5.41, 5.74) is 8.54. The van der Waals surface area contributed by atoms with Gasteiger partial charge in [-0.25, -0.2) is 0 Å². The van der Waals surface area contributed by atoms with Crippen LogP contribution in [0.3, 0.4) is 0 Å². The molecule has 0 fully saturated rings. The van der Waals surface area contributed by atoms with Gasteiger partial charge in [0, 0.05) is 16.9 Å². The quantitative estimate of drug-likeness (QED) is 0.466. The van der Waals surface area contributed by atoms with Crippen LogP contribution in [0.15, 0.2) is 72.8 Å². The molecule has 6 rings (SSSR count). The molecule has 0 saturated heterocycles. The van der Waals surface area contributed by atoms with E-state index < -0.39 is 0 Å². The zero-order chi connectivity index (χ0) is 18.8. The average molecular weight is 362 g/mol. The van der Waals surface area contributed by atoms with Crippen molar-refractivity contribution in [1.29, 1.82) is 0 Å². The van der Waals surface area contributed by atoms with E-state index in [-0.39, 0.29) is 11.9 Å². The van der Waals surface area contributed by atoms with Crippen molar-refractivity contribution in [3.05, 3.63) is 95.1 Å². The number of fused-ring (bicyclic) bond motifs is 2. The maximum Gasteiger partial charge on any atom is 0.256 e. The molecular weight excluding hydrogens is 344 g/mol. The minimum absolute atomic E-state index is 0.0386. The number of hydrogen-bond donors (Lipinski definition) is 2. The van der Waals surface area contributed by atoms with Gasteiger partial charge in [-0.15, -0.1) is 0 Å². The van der Waals surface area contributed by atoms with Gasteiger partial charge in [0.15, 0.2) is 0 Å². The molecule has 5 bridgehead atoms. The Labute approximate surface area is 163 Å². The second-order valence-electron chi connectivity index (χ2n) is 7.56. The van der Waals surface area contributed by atoms with E-state index in [9.17, 15) is 4.79 Å². The summed E-state index contributed by atoms with van der Waals surface area (Å²) in [5, 5.41) is 9.21. The fraction of sp³-hybridized carbons (Fsp3) is 0.0800. The summed E-state index contributed by atoms with van der Waals surface area (Å²) in [5.74, 6) is -0.0386. The first-order chi connectivity index (χ1) is 13.7. The predicted octanol–water partition coefficient (Wildman–Crippen LogP) is 5.90. The highest BCUT2D eigenvalue weighted by atomic mass is 16.1. The zero-order valence-electron chi connectivity index (χ0n) is 15.4. The number of nitrogens with one attached hydrogen (secondary N) is 2. The SMILES string of the molecule is Cc1c2ccc3c1-c1cccc(c1C3Nc1ccc3ccccc3c1)C(=O)N2. The van der Waals surface area contributed by atoms with E-state index >= 15 is 0 Å². The van der Waals surface area contributed by atoms with Crippen LogP contribution in [-0.4, -0.2) is 5.91 Å². The van der Waals surface area contributed by atoms with Gasteiger partial charge in [0.05, 0.1) is 6.04 Å². The predicted molar refractivity (Wildman–Crippen MR) is 114 cm³/mol. The lowest BCUT2D eigenvalue weighted by molar-refractivity contribution is 0.102. The van der Waals surface area contributed by atoms with Crippen LogP contribution in [-0.2, 0) is 0 Å². The molecule has 1 aliphatic carbocycles. The minimum Gasteiger partial charge on any atom is -0.374 e. The first-order valence-corrected chi connectivity index (χ1v) is 9.54. The fourth-order valence-corrected chi connectivity index (χ4v) is 4.70. The van der Waals surface area contributed by atoms with E-state index in [0.29, 0.717) is 0 Å². The van der Waals surface area contributed by atoms with Gasteiger partial charge in [0.25, 0.3) is 5.91 Å². The van der Waals surface area contributed by atoms with Crippen molar-refractivity contribution in [2.45, 2.75) is 13.0 Å². The smallest absolute Gasteiger partial charge is 0.256 e. The van der Waals surface area contributed by atoms with Crippen molar-refractivity contribution in [1.82, 2.24) is 0 Å². The van der Waals surface area contributed by atoms with E-state index in [4.69, 9.17) is 0 Å². The molecule has 3 heteroatoms. The van der Waals surface area contributed by atoms with E-state index in [1.165, 1.54) is 27.5 Å². The standard InChI is InChI=1S/C25H18N2O/c1-14-21-12-11-19-22(14)18-7-4-8-20(25(28)27-21)23(18)24(19)26-17-10-9-15-5-2-3-6-16(15)13-17/h2-13,24,26H,1H3,(H,27,28). The monoisotopic (exact) mass is 362 g/mol. The molecule has 1 heterocycles. The Hall–Kier alpha value is -3.59. The summed E-state index contributed by atoms with van der Waals surface area (Å²) in [7, 11) is 0. The van der Waals surface area contributed by atoms with Crippen LogP contribution in [0.1, 0.15) is 33.1 Å². The van der Waals surface area contributed by atoms with Crippen LogP contribution in [0.2, 0.25) is 0 Å². The van der Waals surface area contributed by atoms with Gasteiger partial charge in [-0.05, 0) is 69.8 Å². The molecule has 1 atom stereocenters. The summed E-state index contributed by atoms with van der Waals surface area (Å²) in [4.78, 5) is 12.9. The van der Waals surface area contributed by atoms with E-state index in [2.05, 4.69) is 72.2 Å². The highest BCUT2D eigenvalue weighted by molar-refractivity contribution is 6.10. The summed E-state index contributed by atoms with van der Waals surface area (Å²) in [6.07, 6.45) is 0. The second-order valence-corrected chi connectivity index (χ2v) is 7.56. The molecule has 0 radical (unpaired) electrons. The molecule has 28 heavy (non-hydrogen) atoms. The van der Waals surface area contributed by atoms with Gasteiger partial charge in [-0.1, -0.05) is 48.5 Å². The number of benzene rings is 4. The Morgan fingerprint density at radius 2 is 1.68 bits per heavy atom. The highest BCUT2D eigenvalue weighted by Gasteiger charge is 2.36. The third kappa shape index (κ3) is 2.01. The molecule has 1 amide bonds. The molecule has 134 valence electrons. The van der Waals surface area contributed by atoms with Crippen LogP contribution in [0.25, 0.3) is 21.9 Å². The molecule has 1 aliphatic heterocycles. The molecule has 4 aromatic carbocycles. The van der Waals surface area contributed by atoms with Gasteiger partial charge in [0.2, 0.25) is 0 Å². The summed E-state index contributed by atoms with van der Waals surface area (Å²) >= 11 is 0. The maximum absolute atomic E-state index is 12.9. The topological polar surface area (TPSA) is 41.1 Å². The van der Waals surface area contributed by atoms with Crippen LogP contribution in [0.5, 0.6) is 0 Å². The number of carbonyl (C=O) groups excluding carboxylic acids is 1. The van der Waals surface area contributed by atoms with Gasteiger partial charge < -0.3 is 10.6 Å². The second kappa shape index (κ2) is 5.46. The highest BCUT2D eigenvalue weighted by Crippen LogP contribution is 2.50. The van der Waals surface area contributed by atoms with Crippen molar-refractivity contribution in [3.8, 4) is 11.1 Å². The van der Waals surface area contributed by atoms with Crippen molar-refractivity contribution < 1.29 is 4.79 Å². The molecule has 2 aliphatic rings. The van der Waals surface area contributed by atoms with Crippen molar-refractivity contribution >= 4 is 28.1 Å². The average Bonchev–Trinajstić information content (AvgIpc) is 3.06. The van der Waals surface area contributed by atoms with E-state index in [1.54, 1.807) is 0 Å². The van der Waals surface area contributed by atoms with Crippen LogP contribution in [0.4, 0.5) is 11.4 Å². The maximum atomic E-state index is 12.9.